The van der Waals surface area contributed by atoms with Gasteiger partial charge in [-0.15, -0.1) is 11.3 Å². The fraction of sp³-hybridized carbons (Fsp3) is 0.214. The van der Waals surface area contributed by atoms with E-state index in [1.807, 2.05) is 12.3 Å². The number of rotatable bonds is 4. The number of hydrogen-bond acceptors (Lipinski definition) is 5. The molecule has 4 nitrogen and oxygen atoms in total. The van der Waals surface area contributed by atoms with Crippen LogP contribution in [0.1, 0.15) is 6.92 Å². The zero-order valence-electron chi connectivity index (χ0n) is 11.5. The van der Waals surface area contributed by atoms with Crippen LogP contribution in [-0.4, -0.2) is 18.3 Å². The van der Waals surface area contributed by atoms with Crippen molar-refractivity contribution in [2.75, 3.05) is 13.3 Å². The molecule has 0 aliphatic heterocycles. The molecule has 21 heavy (non-hydrogen) atoms. The van der Waals surface area contributed by atoms with Gasteiger partial charge in [-0.2, -0.15) is 0 Å². The summed E-state index contributed by atoms with van der Waals surface area (Å²) in [4.78, 5) is 5.23. The minimum atomic E-state index is -2.80. The Kier molecular flexibility index (Phi) is 3.93. The van der Waals surface area contributed by atoms with Gasteiger partial charge in [0, 0.05) is 18.6 Å². The zero-order chi connectivity index (χ0) is 15.0. The van der Waals surface area contributed by atoms with Gasteiger partial charge in [0.25, 0.3) is 0 Å². The SMILES string of the molecule is CCP(=O)(OC)c1ccc2oc(-c3sccc3Cl)nc2c1. The van der Waals surface area contributed by atoms with Crippen LogP contribution in [0.5, 0.6) is 0 Å². The van der Waals surface area contributed by atoms with E-state index in [9.17, 15) is 4.57 Å². The van der Waals surface area contributed by atoms with Crippen molar-refractivity contribution >= 4 is 46.7 Å². The summed E-state index contributed by atoms with van der Waals surface area (Å²) in [5.41, 5.74) is 1.29. The van der Waals surface area contributed by atoms with Gasteiger partial charge in [-0.1, -0.05) is 18.5 Å². The molecular formula is C14H13ClNO3PS. The largest absolute Gasteiger partial charge is 0.435 e. The molecule has 0 bridgehead atoms. The number of aromatic nitrogens is 1. The first-order valence-corrected chi connectivity index (χ1v) is 9.43. The van der Waals surface area contributed by atoms with E-state index in [0.717, 1.165) is 4.88 Å². The number of benzene rings is 1. The summed E-state index contributed by atoms with van der Waals surface area (Å²) in [6, 6.07) is 7.10. The summed E-state index contributed by atoms with van der Waals surface area (Å²) in [6.45, 7) is 1.84. The summed E-state index contributed by atoms with van der Waals surface area (Å²) >= 11 is 7.57. The van der Waals surface area contributed by atoms with Crippen LogP contribution in [0.4, 0.5) is 0 Å². The lowest BCUT2D eigenvalue weighted by Gasteiger charge is -2.13. The van der Waals surface area contributed by atoms with E-state index in [1.165, 1.54) is 18.4 Å². The number of hydrogen-bond donors (Lipinski definition) is 0. The molecule has 1 atom stereocenters. The van der Waals surface area contributed by atoms with E-state index in [0.29, 0.717) is 33.5 Å². The smallest absolute Gasteiger partial charge is 0.239 e. The highest BCUT2D eigenvalue weighted by atomic mass is 35.5. The van der Waals surface area contributed by atoms with Crippen molar-refractivity contribution in [3.8, 4) is 10.8 Å². The highest BCUT2D eigenvalue weighted by molar-refractivity contribution is 7.66. The molecular weight excluding hydrogens is 329 g/mol. The van der Waals surface area contributed by atoms with Crippen molar-refractivity contribution in [1.82, 2.24) is 4.98 Å². The molecule has 2 heterocycles. The molecule has 0 radical (unpaired) electrons. The third-order valence-electron chi connectivity index (χ3n) is 3.29. The van der Waals surface area contributed by atoms with Crippen LogP contribution in [0.25, 0.3) is 21.9 Å². The number of oxazole rings is 1. The van der Waals surface area contributed by atoms with E-state index >= 15 is 0 Å². The Morgan fingerprint density at radius 2 is 2.24 bits per heavy atom. The maximum atomic E-state index is 12.6. The van der Waals surface area contributed by atoms with E-state index in [2.05, 4.69) is 4.98 Å². The Balaban J connectivity index is 2.12. The average molecular weight is 342 g/mol. The van der Waals surface area contributed by atoms with E-state index < -0.39 is 7.37 Å². The van der Waals surface area contributed by atoms with Gasteiger partial charge in [0.05, 0.1) is 5.02 Å². The Bertz CT molecular complexity index is 834. The van der Waals surface area contributed by atoms with E-state index in [4.69, 9.17) is 20.5 Å². The summed E-state index contributed by atoms with van der Waals surface area (Å²) in [6.07, 6.45) is 0.441. The van der Waals surface area contributed by atoms with E-state index in [1.54, 1.807) is 24.3 Å². The molecule has 0 N–H and O–H groups in total. The first-order valence-electron chi connectivity index (χ1n) is 6.36. The van der Waals surface area contributed by atoms with Crippen molar-refractivity contribution in [1.29, 1.82) is 0 Å². The summed E-state index contributed by atoms with van der Waals surface area (Å²) < 4.78 is 23.5. The standard InChI is InChI=1S/C14H13ClNO3PS/c1-3-20(17,18-2)9-4-5-12-11(8-9)16-14(19-12)13-10(15)6-7-21-13/h4-8H,3H2,1-2H3. The zero-order valence-corrected chi connectivity index (χ0v) is 14.0. The second-order valence-electron chi connectivity index (χ2n) is 4.44. The normalized spacial score (nSPS) is 14.4. The van der Waals surface area contributed by atoms with Crippen LogP contribution in [0.2, 0.25) is 5.02 Å². The lowest BCUT2D eigenvalue weighted by Crippen LogP contribution is -2.07. The minimum Gasteiger partial charge on any atom is -0.435 e. The molecule has 0 aliphatic carbocycles. The third kappa shape index (κ3) is 2.55. The molecule has 1 unspecified atom stereocenters. The fourth-order valence-corrected chi connectivity index (χ4v) is 4.60. The van der Waals surface area contributed by atoms with E-state index in [-0.39, 0.29) is 0 Å². The predicted molar refractivity (Wildman–Crippen MR) is 87.1 cm³/mol. The van der Waals surface area contributed by atoms with Gasteiger partial charge < -0.3 is 8.94 Å². The van der Waals surface area contributed by atoms with Crippen molar-refractivity contribution in [3.05, 3.63) is 34.7 Å². The summed E-state index contributed by atoms with van der Waals surface area (Å²) in [5.74, 6) is 0.478. The molecule has 0 saturated heterocycles. The molecule has 0 saturated carbocycles. The number of thiophene rings is 1. The maximum absolute atomic E-state index is 12.6. The molecule has 0 amide bonds. The molecule has 1 aromatic carbocycles. The van der Waals surface area contributed by atoms with Crippen LogP contribution in [-0.2, 0) is 9.09 Å². The summed E-state index contributed by atoms with van der Waals surface area (Å²) in [7, 11) is -1.34. The minimum absolute atomic E-state index is 0.441. The molecule has 3 rings (SSSR count). The monoisotopic (exact) mass is 341 g/mol. The number of fused-ring (bicyclic) bond motifs is 1. The third-order valence-corrected chi connectivity index (χ3v) is 7.10. The van der Waals surface area contributed by atoms with Gasteiger partial charge in [-0.3, -0.25) is 4.57 Å². The van der Waals surface area contributed by atoms with Crippen LogP contribution in [0, 0.1) is 0 Å². The van der Waals surface area contributed by atoms with Crippen molar-refractivity contribution < 1.29 is 13.5 Å². The Morgan fingerprint density at radius 3 is 2.86 bits per heavy atom. The summed E-state index contributed by atoms with van der Waals surface area (Å²) in [5, 5.41) is 3.15. The van der Waals surface area contributed by atoms with Crippen molar-refractivity contribution in [2.24, 2.45) is 0 Å². The highest BCUT2D eigenvalue weighted by Crippen LogP contribution is 2.44. The molecule has 7 heteroatoms. The Labute approximate surface area is 131 Å². The Morgan fingerprint density at radius 1 is 1.43 bits per heavy atom. The topological polar surface area (TPSA) is 52.3 Å². The lowest BCUT2D eigenvalue weighted by molar-refractivity contribution is 0.404. The van der Waals surface area contributed by atoms with Gasteiger partial charge in [-0.05, 0) is 29.6 Å². The van der Waals surface area contributed by atoms with Gasteiger partial charge in [0.2, 0.25) is 13.3 Å². The predicted octanol–water partition coefficient (Wildman–Crippen LogP) is 4.78. The van der Waals surface area contributed by atoms with Crippen LogP contribution < -0.4 is 5.30 Å². The highest BCUT2D eigenvalue weighted by Gasteiger charge is 2.23. The van der Waals surface area contributed by atoms with Gasteiger partial charge >= 0.3 is 0 Å². The first-order chi connectivity index (χ1) is 10.1. The van der Waals surface area contributed by atoms with Crippen LogP contribution in [0.15, 0.2) is 34.1 Å². The van der Waals surface area contributed by atoms with Gasteiger partial charge in [0.15, 0.2) is 5.58 Å². The van der Waals surface area contributed by atoms with Crippen LogP contribution >= 0.6 is 30.3 Å². The van der Waals surface area contributed by atoms with Crippen molar-refractivity contribution in [2.45, 2.75) is 6.92 Å². The quantitative estimate of drug-likeness (QED) is 0.641. The lowest BCUT2D eigenvalue weighted by atomic mass is 10.3. The average Bonchev–Trinajstić information content (AvgIpc) is 3.10. The molecule has 3 aromatic rings. The fourth-order valence-electron chi connectivity index (χ4n) is 2.09. The Hall–Kier alpha value is -1.13. The van der Waals surface area contributed by atoms with Gasteiger partial charge in [0.1, 0.15) is 10.4 Å². The maximum Gasteiger partial charge on any atom is 0.239 e. The second-order valence-corrected chi connectivity index (χ2v) is 8.63. The van der Waals surface area contributed by atoms with Crippen LogP contribution in [0.3, 0.4) is 0 Å². The van der Waals surface area contributed by atoms with Gasteiger partial charge in [-0.25, -0.2) is 4.98 Å². The molecule has 0 aliphatic rings. The van der Waals surface area contributed by atoms with Crippen molar-refractivity contribution in [3.63, 3.8) is 0 Å². The molecule has 2 aromatic heterocycles. The molecule has 0 fully saturated rings. The number of nitrogens with zero attached hydrogens (tertiary/aromatic N) is 1. The molecule has 0 spiro atoms. The first kappa shape index (κ1) is 14.8. The number of halogens is 1. The second kappa shape index (κ2) is 5.58. The molecule has 110 valence electrons.